The summed E-state index contributed by atoms with van der Waals surface area (Å²) in [7, 11) is 0. The molecule has 0 spiro atoms. The van der Waals surface area contributed by atoms with E-state index in [1.54, 1.807) is 0 Å². The van der Waals surface area contributed by atoms with Crippen molar-refractivity contribution in [2.24, 2.45) is 5.10 Å². The van der Waals surface area contributed by atoms with Crippen molar-refractivity contribution in [1.29, 1.82) is 0 Å². The molecular formula is C3H3F3N2S. The van der Waals surface area contributed by atoms with Crippen molar-refractivity contribution >= 4 is 17.3 Å². The van der Waals surface area contributed by atoms with E-state index >= 15 is 0 Å². The predicted octanol–water partition coefficient (Wildman–Crippen LogP) is 1.46. The lowest BCUT2D eigenvalue weighted by atomic mass is 11.0. The summed E-state index contributed by atoms with van der Waals surface area (Å²) in [4.78, 5) is 0. The SMILES string of the molecule is FC(F)(F)N1CSC=N1. The van der Waals surface area contributed by atoms with E-state index in [2.05, 4.69) is 5.10 Å². The summed E-state index contributed by atoms with van der Waals surface area (Å²) in [6.45, 7) is 0. The smallest absolute Gasteiger partial charge is 0.194 e. The van der Waals surface area contributed by atoms with Crippen LogP contribution in [0, 0.1) is 0 Å². The maximum atomic E-state index is 11.6. The van der Waals surface area contributed by atoms with Crippen molar-refractivity contribution in [2.75, 3.05) is 5.88 Å². The molecule has 1 rings (SSSR count). The Bertz CT molecular complexity index is 132. The van der Waals surface area contributed by atoms with E-state index < -0.39 is 6.30 Å². The van der Waals surface area contributed by atoms with Gasteiger partial charge in [-0.3, -0.25) is 0 Å². The highest BCUT2D eigenvalue weighted by Crippen LogP contribution is 2.26. The first kappa shape index (κ1) is 6.73. The molecule has 0 saturated heterocycles. The molecule has 0 aliphatic carbocycles. The Balaban J connectivity index is 2.53. The van der Waals surface area contributed by atoms with Gasteiger partial charge in [-0.15, -0.1) is 13.2 Å². The number of rotatable bonds is 0. The number of alkyl halides is 3. The summed E-state index contributed by atoms with van der Waals surface area (Å²) in [5.41, 5.74) is 1.17. The van der Waals surface area contributed by atoms with E-state index in [4.69, 9.17) is 0 Å². The molecule has 0 aromatic rings. The van der Waals surface area contributed by atoms with Gasteiger partial charge in [-0.1, -0.05) is 11.8 Å². The molecule has 0 atom stereocenters. The molecule has 0 aromatic carbocycles. The Labute approximate surface area is 53.7 Å². The van der Waals surface area contributed by atoms with E-state index in [9.17, 15) is 13.2 Å². The summed E-state index contributed by atoms with van der Waals surface area (Å²) in [6.07, 6.45) is -4.31. The predicted molar refractivity (Wildman–Crippen MR) is 28.8 cm³/mol. The fourth-order valence-electron chi connectivity index (χ4n) is 0.366. The Hall–Kier alpha value is -0.390. The third-order valence-electron chi connectivity index (χ3n) is 0.751. The Kier molecular flexibility index (Phi) is 1.56. The fraction of sp³-hybridized carbons (Fsp3) is 0.667. The molecule has 0 fully saturated rings. The molecule has 0 unspecified atom stereocenters. The standard InChI is InChI=1S/C3H3F3N2S/c4-3(5,6)8-2-9-1-7-8/h1H,2H2. The first-order chi connectivity index (χ1) is 4.11. The average Bonchev–Trinajstić information content (AvgIpc) is 2.08. The van der Waals surface area contributed by atoms with Gasteiger partial charge in [0.2, 0.25) is 0 Å². The second-order valence-corrected chi connectivity index (χ2v) is 2.19. The van der Waals surface area contributed by atoms with E-state index in [1.807, 2.05) is 0 Å². The summed E-state index contributed by atoms with van der Waals surface area (Å²) in [5.74, 6) is -0.122. The Morgan fingerprint density at radius 2 is 2.22 bits per heavy atom. The summed E-state index contributed by atoms with van der Waals surface area (Å²) < 4.78 is 34.7. The van der Waals surface area contributed by atoms with Gasteiger partial charge in [-0.25, -0.2) is 0 Å². The molecular weight excluding hydrogens is 153 g/mol. The minimum absolute atomic E-state index is 0.0810. The van der Waals surface area contributed by atoms with Crippen molar-refractivity contribution in [3.8, 4) is 0 Å². The number of halogens is 3. The first-order valence-corrected chi connectivity index (χ1v) is 3.14. The van der Waals surface area contributed by atoms with Gasteiger partial charge in [0.1, 0.15) is 0 Å². The van der Waals surface area contributed by atoms with Crippen LogP contribution in [0.2, 0.25) is 0 Å². The van der Waals surface area contributed by atoms with Crippen molar-refractivity contribution in [1.82, 2.24) is 5.01 Å². The van der Waals surface area contributed by atoms with Gasteiger partial charge >= 0.3 is 6.30 Å². The molecule has 1 aliphatic heterocycles. The number of hydrogen-bond acceptors (Lipinski definition) is 3. The molecule has 52 valence electrons. The van der Waals surface area contributed by atoms with Crippen LogP contribution >= 0.6 is 11.8 Å². The fourth-order valence-corrected chi connectivity index (χ4v) is 0.968. The average molecular weight is 156 g/mol. The molecule has 0 radical (unpaired) electrons. The number of thioether (sulfide) groups is 1. The van der Waals surface area contributed by atoms with E-state index in [0.717, 1.165) is 11.8 Å². The maximum Gasteiger partial charge on any atom is 0.501 e. The van der Waals surface area contributed by atoms with Crippen LogP contribution in [0.15, 0.2) is 5.10 Å². The topological polar surface area (TPSA) is 15.6 Å². The minimum Gasteiger partial charge on any atom is -0.194 e. The van der Waals surface area contributed by atoms with Crippen molar-refractivity contribution in [3.63, 3.8) is 0 Å². The summed E-state index contributed by atoms with van der Waals surface area (Å²) in [5, 5.41) is 3.13. The lowest BCUT2D eigenvalue weighted by Crippen LogP contribution is -2.30. The highest BCUT2D eigenvalue weighted by molar-refractivity contribution is 8.12. The largest absolute Gasteiger partial charge is 0.501 e. The normalized spacial score (nSPS) is 19.2. The van der Waals surface area contributed by atoms with Crippen LogP contribution in [-0.4, -0.2) is 22.7 Å². The van der Waals surface area contributed by atoms with Gasteiger partial charge in [-0.2, -0.15) is 10.1 Å². The van der Waals surface area contributed by atoms with Crippen LogP contribution < -0.4 is 0 Å². The first-order valence-electron chi connectivity index (χ1n) is 2.09. The van der Waals surface area contributed by atoms with Crippen LogP contribution in [0.1, 0.15) is 0 Å². The van der Waals surface area contributed by atoms with E-state index in [0.29, 0.717) is 0 Å². The Morgan fingerprint density at radius 1 is 1.56 bits per heavy atom. The van der Waals surface area contributed by atoms with Crippen molar-refractivity contribution < 1.29 is 13.2 Å². The van der Waals surface area contributed by atoms with Crippen LogP contribution in [0.3, 0.4) is 0 Å². The molecule has 2 nitrogen and oxygen atoms in total. The third-order valence-corrected chi connectivity index (χ3v) is 1.39. The summed E-state index contributed by atoms with van der Waals surface area (Å²) in [6, 6.07) is 0. The molecule has 9 heavy (non-hydrogen) atoms. The van der Waals surface area contributed by atoms with Gasteiger partial charge in [0.15, 0.2) is 0 Å². The van der Waals surface area contributed by atoms with Crippen molar-refractivity contribution in [2.45, 2.75) is 6.30 Å². The zero-order chi connectivity index (χ0) is 6.91. The van der Waals surface area contributed by atoms with Crippen LogP contribution in [0.4, 0.5) is 13.2 Å². The van der Waals surface area contributed by atoms with Crippen molar-refractivity contribution in [3.05, 3.63) is 0 Å². The highest BCUT2D eigenvalue weighted by atomic mass is 32.2. The van der Waals surface area contributed by atoms with Gasteiger partial charge in [0, 0.05) is 0 Å². The molecule has 0 saturated carbocycles. The Morgan fingerprint density at radius 3 is 2.44 bits per heavy atom. The molecule has 1 heterocycles. The van der Waals surface area contributed by atoms with Crippen LogP contribution in [0.25, 0.3) is 0 Å². The second kappa shape index (κ2) is 2.09. The highest BCUT2D eigenvalue weighted by Gasteiger charge is 2.37. The lowest BCUT2D eigenvalue weighted by molar-refractivity contribution is -0.238. The molecule has 6 heteroatoms. The zero-order valence-electron chi connectivity index (χ0n) is 4.22. The maximum absolute atomic E-state index is 11.6. The quantitative estimate of drug-likeness (QED) is 0.493. The van der Waals surface area contributed by atoms with Crippen LogP contribution in [0.5, 0.6) is 0 Å². The van der Waals surface area contributed by atoms with Gasteiger partial charge in [0.25, 0.3) is 0 Å². The molecule has 1 aliphatic rings. The second-order valence-electron chi connectivity index (χ2n) is 1.38. The number of nitrogens with zero attached hydrogens (tertiary/aromatic N) is 2. The molecule has 0 N–H and O–H groups in total. The monoisotopic (exact) mass is 156 g/mol. The number of hydrazone groups is 1. The van der Waals surface area contributed by atoms with Gasteiger partial charge in [0.05, 0.1) is 11.4 Å². The third kappa shape index (κ3) is 1.51. The minimum atomic E-state index is -4.31. The summed E-state index contributed by atoms with van der Waals surface area (Å²) >= 11 is 1.02. The molecule has 0 bridgehead atoms. The molecule has 0 aromatic heterocycles. The zero-order valence-corrected chi connectivity index (χ0v) is 5.04. The van der Waals surface area contributed by atoms with Gasteiger partial charge in [-0.05, 0) is 0 Å². The van der Waals surface area contributed by atoms with Gasteiger partial charge < -0.3 is 0 Å². The molecule has 0 amide bonds. The van der Waals surface area contributed by atoms with Crippen LogP contribution in [-0.2, 0) is 0 Å². The van der Waals surface area contributed by atoms with E-state index in [-0.39, 0.29) is 10.9 Å². The van der Waals surface area contributed by atoms with E-state index in [1.165, 1.54) is 5.55 Å². The number of hydrogen-bond donors (Lipinski definition) is 0. The lowest BCUT2D eigenvalue weighted by Gasteiger charge is -2.15.